The lowest BCUT2D eigenvalue weighted by molar-refractivity contribution is -0.143. The van der Waals surface area contributed by atoms with E-state index < -0.39 is 0 Å². The van der Waals surface area contributed by atoms with Crippen molar-refractivity contribution >= 4 is 17.6 Å². The summed E-state index contributed by atoms with van der Waals surface area (Å²) in [5.41, 5.74) is 0. The summed E-state index contributed by atoms with van der Waals surface area (Å²) in [5, 5.41) is 3.07. The quantitative estimate of drug-likeness (QED) is 0.229. The number of hydrogen-bond acceptors (Lipinski definition) is 3. The van der Waals surface area contributed by atoms with Crippen molar-refractivity contribution in [2.45, 2.75) is 51.4 Å². The number of halogens is 1. The minimum Gasteiger partial charge on any atom is -0.464 e. The lowest BCUT2D eigenvalue weighted by Crippen LogP contribution is -2.23. The monoisotopic (exact) mass is 289 g/mol. The largest absolute Gasteiger partial charge is 0.464 e. The van der Waals surface area contributed by atoms with E-state index in [0.29, 0.717) is 25.5 Å². The molecule has 0 aliphatic heterocycles. The van der Waals surface area contributed by atoms with Crippen LogP contribution in [0.5, 0.6) is 0 Å². The van der Waals surface area contributed by atoms with Crippen LogP contribution >= 0.6 is 11.6 Å². The van der Waals surface area contributed by atoms with Gasteiger partial charge in [-0.1, -0.05) is 31.8 Å². The lowest BCUT2D eigenvalue weighted by atomic mass is 10.1. The van der Waals surface area contributed by atoms with Crippen LogP contribution in [-0.2, 0) is 9.53 Å². The molecule has 3 nitrogen and oxygen atoms in total. The van der Waals surface area contributed by atoms with E-state index in [2.05, 4.69) is 11.9 Å². The van der Waals surface area contributed by atoms with Crippen LogP contribution in [0.4, 0.5) is 0 Å². The highest BCUT2D eigenvalue weighted by molar-refractivity contribution is 6.18. The fraction of sp³-hybridized carbons (Fsp3) is 0.800. The molecule has 0 fully saturated rings. The van der Waals surface area contributed by atoms with Crippen molar-refractivity contribution in [1.29, 1.82) is 0 Å². The normalized spacial score (nSPS) is 10.4. The summed E-state index contributed by atoms with van der Waals surface area (Å²) >= 11 is 5.51. The van der Waals surface area contributed by atoms with Gasteiger partial charge in [0.15, 0.2) is 0 Å². The molecule has 0 radical (unpaired) electrons. The minimum atomic E-state index is -0.0840. The van der Waals surface area contributed by atoms with Crippen LogP contribution in [0, 0.1) is 0 Å². The molecule has 0 aromatic carbocycles. The van der Waals surface area contributed by atoms with Gasteiger partial charge in [0, 0.05) is 25.4 Å². The summed E-state index contributed by atoms with van der Waals surface area (Å²) in [7, 11) is 0. The highest BCUT2D eigenvalue weighted by atomic mass is 35.5. The van der Waals surface area contributed by atoms with Crippen molar-refractivity contribution in [3.05, 3.63) is 12.7 Å². The molecule has 0 spiro atoms. The Bertz CT molecular complexity index is 222. The van der Waals surface area contributed by atoms with Crippen molar-refractivity contribution in [2.75, 3.05) is 25.6 Å². The van der Waals surface area contributed by atoms with Gasteiger partial charge in [-0.25, -0.2) is 0 Å². The van der Waals surface area contributed by atoms with E-state index in [1.165, 1.54) is 25.7 Å². The molecule has 0 heterocycles. The van der Waals surface area contributed by atoms with Gasteiger partial charge in [0.1, 0.15) is 6.61 Å². The molecule has 0 saturated heterocycles. The lowest BCUT2D eigenvalue weighted by Gasteiger charge is -2.05. The van der Waals surface area contributed by atoms with Gasteiger partial charge in [0.2, 0.25) is 0 Å². The molecule has 0 aliphatic carbocycles. The number of nitrogens with one attached hydrogen (secondary N) is 1. The molecule has 4 heteroatoms. The van der Waals surface area contributed by atoms with Gasteiger partial charge in [0.05, 0.1) is 0 Å². The smallest absolute Gasteiger partial charge is 0.305 e. The zero-order valence-electron chi connectivity index (χ0n) is 12.0. The molecule has 0 aromatic rings. The van der Waals surface area contributed by atoms with Crippen LogP contribution in [0.1, 0.15) is 51.4 Å². The van der Waals surface area contributed by atoms with E-state index in [1.807, 2.05) is 6.08 Å². The van der Waals surface area contributed by atoms with Crippen molar-refractivity contribution in [2.24, 2.45) is 0 Å². The van der Waals surface area contributed by atoms with Crippen LogP contribution in [0.25, 0.3) is 0 Å². The Morgan fingerprint density at radius 1 is 1.11 bits per heavy atom. The Hall–Kier alpha value is -0.540. The van der Waals surface area contributed by atoms with Gasteiger partial charge in [-0.15, -0.1) is 18.2 Å². The molecule has 0 amide bonds. The van der Waals surface area contributed by atoms with Gasteiger partial charge in [0.25, 0.3) is 0 Å². The third kappa shape index (κ3) is 15.4. The van der Waals surface area contributed by atoms with E-state index in [0.717, 1.165) is 25.8 Å². The average molecular weight is 290 g/mol. The summed E-state index contributed by atoms with van der Waals surface area (Å²) in [6, 6.07) is 0. The first-order valence-electron chi connectivity index (χ1n) is 7.34. The maximum absolute atomic E-state index is 11.4. The number of ether oxygens (including phenoxy) is 1. The predicted molar refractivity (Wildman–Crippen MR) is 81.7 cm³/mol. The Kier molecular flexibility index (Phi) is 15.1. The van der Waals surface area contributed by atoms with Crippen LogP contribution in [0.3, 0.4) is 0 Å². The summed E-state index contributed by atoms with van der Waals surface area (Å²) in [6.07, 6.45) is 10.7. The van der Waals surface area contributed by atoms with Gasteiger partial charge in [-0.2, -0.15) is 0 Å². The molecule has 19 heavy (non-hydrogen) atoms. The zero-order valence-corrected chi connectivity index (χ0v) is 12.7. The molecule has 0 rings (SSSR count). The third-order valence-electron chi connectivity index (χ3n) is 2.85. The molecular weight excluding hydrogens is 262 g/mol. The molecule has 0 unspecified atom stereocenters. The predicted octanol–water partition coefficient (Wildman–Crippen LogP) is 3.66. The van der Waals surface area contributed by atoms with Gasteiger partial charge in [-0.3, -0.25) is 4.79 Å². The summed E-state index contributed by atoms with van der Waals surface area (Å²) in [5.74, 6) is 0.500. The average Bonchev–Trinajstić information content (AvgIpc) is 2.41. The number of allylic oxidation sites excluding steroid dienone is 1. The topological polar surface area (TPSA) is 38.3 Å². The van der Waals surface area contributed by atoms with Crippen LogP contribution in [0.15, 0.2) is 12.7 Å². The first-order chi connectivity index (χ1) is 9.31. The van der Waals surface area contributed by atoms with E-state index in [4.69, 9.17) is 16.3 Å². The standard InChI is InChI=1S/C15H28ClNO2/c1-2-3-4-5-6-7-8-9-10-15(18)19-14-13-17-12-11-16/h2,17H,1,3-14H2. The number of unbranched alkanes of at least 4 members (excludes halogenated alkanes) is 6. The van der Waals surface area contributed by atoms with Crippen LogP contribution in [-0.4, -0.2) is 31.5 Å². The number of alkyl halides is 1. The molecular formula is C15H28ClNO2. The Morgan fingerprint density at radius 3 is 2.47 bits per heavy atom. The van der Waals surface area contributed by atoms with E-state index >= 15 is 0 Å². The summed E-state index contributed by atoms with van der Waals surface area (Å²) < 4.78 is 5.09. The second-order valence-electron chi connectivity index (χ2n) is 4.61. The van der Waals surface area contributed by atoms with Crippen molar-refractivity contribution in [3.8, 4) is 0 Å². The third-order valence-corrected chi connectivity index (χ3v) is 3.04. The highest BCUT2D eigenvalue weighted by Crippen LogP contribution is 2.09. The molecule has 1 N–H and O–H groups in total. The highest BCUT2D eigenvalue weighted by Gasteiger charge is 2.01. The fourth-order valence-corrected chi connectivity index (χ4v) is 1.90. The molecule has 0 atom stereocenters. The van der Waals surface area contributed by atoms with E-state index in [9.17, 15) is 4.79 Å². The van der Waals surface area contributed by atoms with Gasteiger partial charge in [-0.05, 0) is 19.3 Å². The number of rotatable bonds is 14. The van der Waals surface area contributed by atoms with Crippen molar-refractivity contribution in [1.82, 2.24) is 5.32 Å². The zero-order chi connectivity index (χ0) is 14.2. The van der Waals surface area contributed by atoms with Crippen molar-refractivity contribution in [3.63, 3.8) is 0 Å². The van der Waals surface area contributed by atoms with E-state index in [1.54, 1.807) is 0 Å². The Morgan fingerprint density at radius 2 is 1.79 bits per heavy atom. The maximum atomic E-state index is 11.4. The number of hydrogen-bond donors (Lipinski definition) is 1. The molecule has 0 aliphatic rings. The van der Waals surface area contributed by atoms with Crippen LogP contribution < -0.4 is 5.32 Å². The number of carbonyl (C=O) groups is 1. The molecule has 0 saturated carbocycles. The van der Waals surface area contributed by atoms with Crippen LogP contribution in [0.2, 0.25) is 0 Å². The summed E-state index contributed by atoms with van der Waals surface area (Å²) in [6.45, 7) is 5.58. The molecule has 0 aromatic heterocycles. The van der Waals surface area contributed by atoms with E-state index in [-0.39, 0.29) is 5.97 Å². The van der Waals surface area contributed by atoms with Crippen molar-refractivity contribution < 1.29 is 9.53 Å². The minimum absolute atomic E-state index is 0.0840. The Labute approximate surface area is 122 Å². The fourth-order valence-electron chi connectivity index (χ4n) is 1.77. The number of carbonyl (C=O) groups excluding carboxylic acids is 1. The maximum Gasteiger partial charge on any atom is 0.305 e. The SMILES string of the molecule is C=CCCCCCCCCC(=O)OCCNCCCl. The number of esters is 1. The summed E-state index contributed by atoms with van der Waals surface area (Å²) in [4.78, 5) is 11.4. The first-order valence-corrected chi connectivity index (χ1v) is 7.88. The Balaban J connectivity index is 3.13. The molecule has 0 bridgehead atoms. The van der Waals surface area contributed by atoms with Gasteiger partial charge >= 0.3 is 5.97 Å². The second-order valence-corrected chi connectivity index (χ2v) is 4.99. The first kappa shape index (κ1) is 18.5. The van der Waals surface area contributed by atoms with Gasteiger partial charge < -0.3 is 10.1 Å². The molecule has 112 valence electrons. The second kappa shape index (κ2) is 15.5.